The zero-order chi connectivity index (χ0) is 9.47. The predicted molar refractivity (Wildman–Crippen MR) is 46.7 cm³/mol. The first kappa shape index (κ1) is 8.93. The van der Waals surface area contributed by atoms with Gasteiger partial charge >= 0.3 is 0 Å². The molecule has 13 heavy (non-hydrogen) atoms. The van der Waals surface area contributed by atoms with Gasteiger partial charge in [-0.15, -0.1) is 0 Å². The van der Waals surface area contributed by atoms with Crippen molar-refractivity contribution in [3.8, 4) is 0 Å². The van der Waals surface area contributed by atoms with Crippen LogP contribution in [0.3, 0.4) is 0 Å². The average Bonchev–Trinajstić information content (AvgIpc) is 2.34. The van der Waals surface area contributed by atoms with E-state index in [2.05, 4.69) is 10.2 Å². The van der Waals surface area contributed by atoms with Crippen molar-refractivity contribution < 1.29 is 9.53 Å². The fourth-order valence-corrected chi connectivity index (χ4v) is 1.91. The standard InChI is InChI=1S/C8H15N3O2/c1-11-4-2-8(3-5-11)6(12)10-7(9)13-8/h7H,2-5,9H2,1H3,(H,10,12). The van der Waals surface area contributed by atoms with Crippen LogP contribution >= 0.6 is 0 Å². The Morgan fingerprint density at radius 1 is 1.62 bits per heavy atom. The van der Waals surface area contributed by atoms with Crippen LogP contribution in [0.1, 0.15) is 12.8 Å². The molecule has 2 aliphatic heterocycles. The van der Waals surface area contributed by atoms with Crippen molar-refractivity contribution >= 4 is 5.91 Å². The van der Waals surface area contributed by atoms with Crippen molar-refractivity contribution in [1.29, 1.82) is 0 Å². The number of nitrogens with one attached hydrogen (secondary N) is 1. The second-order valence-corrected chi connectivity index (χ2v) is 3.81. The first-order chi connectivity index (χ1) is 6.12. The third-order valence-corrected chi connectivity index (χ3v) is 2.83. The number of likely N-dealkylation sites (tertiary alicyclic amines) is 1. The Balaban J connectivity index is 2.09. The van der Waals surface area contributed by atoms with E-state index >= 15 is 0 Å². The molecule has 1 spiro atoms. The van der Waals surface area contributed by atoms with Crippen LogP contribution in [0.2, 0.25) is 0 Å². The van der Waals surface area contributed by atoms with Gasteiger partial charge in [0.05, 0.1) is 0 Å². The first-order valence-corrected chi connectivity index (χ1v) is 4.55. The van der Waals surface area contributed by atoms with Crippen LogP contribution in [-0.2, 0) is 9.53 Å². The number of ether oxygens (including phenoxy) is 1. The minimum atomic E-state index is -0.633. The van der Waals surface area contributed by atoms with Gasteiger partial charge in [-0.25, -0.2) is 0 Å². The molecule has 1 unspecified atom stereocenters. The van der Waals surface area contributed by atoms with Crippen LogP contribution in [0.5, 0.6) is 0 Å². The smallest absolute Gasteiger partial charge is 0.255 e. The predicted octanol–water partition coefficient (Wildman–Crippen LogP) is -1.16. The lowest BCUT2D eigenvalue weighted by atomic mass is 9.91. The topological polar surface area (TPSA) is 67.6 Å². The molecule has 5 heteroatoms. The van der Waals surface area contributed by atoms with E-state index in [1.54, 1.807) is 0 Å². The summed E-state index contributed by atoms with van der Waals surface area (Å²) in [5.74, 6) is -0.0481. The number of amides is 1. The molecule has 0 aromatic carbocycles. The van der Waals surface area contributed by atoms with Crippen molar-refractivity contribution in [2.45, 2.75) is 24.8 Å². The van der Waals surface area contributed by atoms with Crippen molar-refractivity contribution in [1.82, 2.24) is 10.2 Å². The normalized spacial score (nSPS) is 33.7. The summed E-state index contributed by atoms with van der Waals surface area (Å²) in [5.41, 5.74) is 4.86. The van der Waals surface area contributed by atoms with Crippen molar-refractivity contribution in [2.24, 2.45) is 5.73 Å². The molecule has 1 amide bonds. The number of nitrogens with zero attached hydrogens (tertiary/aromatic N) is 1. The zero-order valence-electron chi connectivity index (χ0n) is 7.75. The van der Waals surface area contributed by atoms with E-state index in [0.717, 1.165) is 25.9 Å². The van der Waals surface area contributed by atoms with Crippen LogP contribution < -0.4 is 11.1 Å². The summed E-state index contributed by atoms with van der Waals surface area (Å²) in [4.78, 5) is 13.7. The third-order valence-electron chi connectivity index (χ3n) is 2.83. The zero-order valence-corrected chi connectivity index (χ0v) is 7.75. The molecule has 0 radical (unpaired) electrons. The minimum Gasteiger partial charge on any atom is -0.329 e. The van der Waals surface area contributed by atoms with Gasteiger partial charge in [-0.05, 0) is 19.9 Å². The van der Waals surface area contributed by atoms with Gasteiger partial charge in [0, 0.05) is 13.1 Å². The van der Waals surface area contributed by atoms with Gasteiger partial charge in [0.2, 0.25) is 0 Å². The minimum absolute atomic E-state index is 0.0481. The summed E-state index contributed by atoms with van der Waals surface area (Å²) < 4.78 is 5.44. The van der Waals surface area contributed by atoms with Crippen molar-refractivity contribution in [3.05, 3.63) is 0 Å². The van der Waals surface area contributed by atoms with Crippen LogP contribution in [0.15, 0.2) is 0 Å². The third kappa shape index (κ3) is 1.43. The second kappa shape index (κ2) is 2.94. The molecule has 0 saturated carbocycles. The van der Waals surface area contributed by atoms with Gasteiger partial charge in [0.15, 0.2) is 12.0 Å². The Morgan fingerprint density at radius 3 is 2.69 bits per heavy atom. The van der Waals surface area contributed by atoms with E-state index in [-0.39, 0.29) is 5.91 Å². The van der Waals surface area contributed by atoms with Gasteiger partial charge in [0.25, 0.3) is 5.91 Å². The van der Waals surface area contributed by atoms with Crippen LogP contribution in [0.4, 0.5) is 0 Å². The molecule has 2 rings (SSSR count). The lowest BCUT2D eigenvalue weighted by Gasteiger charge is -2.34. The number of hydrogen-bond donors (Lipinski definition) is 2. The number of nitrogens with two attached hydrogens (primary N) is 1. The number of rotatable bonds is 0. The summed E-state index contributed by atoms with van der Waals surface area (Å²) >= 11 is 0. The molecule has 2 aliphatic rings. The molecule has 0 aliphatic carbocycles. The SMILES string of the molecule is CN1CCC2(CC1)OC(N)NC2=O. The maximum Gasteiger partial charge on any atom is 0.255 e. The molecule has 5 nitrogen and oxygen atoms in total. The number of carbonyl (C=O) groups excluding carboxylic acids is 1. The lowest BCUT2D eigenvalue weighted by molar-refractivity contribution is -0.139. The molecule has 1 atom stereocenters. The Labute approximate surface area is 77.2 Å². The number of hydrogen-bond acceptors (Lipinski definition) is 4. The van der Waals surface area contributed by atoms with E-state index in [1.807, 2.05) is 7.05 Å². The summed E-state index contributed by atoms with van der Waals surface area (Å²) in [6.07, 6.45) is 0.863. The van der Waals surface area contributed by atoms with E-state index in [0.29, 0.717) is 0 Å². The highest BCUT2D eigenvalue weighted by atomic mass is 16.6. The van der Waals surface area contributed by atoms with Gasteiger partial charge in [0.1, 0.15) is 0 Å². The molecule has 0 aromatic heterocycles. The summed E-state index contributed by atoms with van der Waals surface area (Å²) in [7, 11) is 2.04. The Hall–Kier alpha value is -0.650. The molecular weight excluding hydrogens is 170 g/mol. The van der Waals surface area contributed by atoms with E-state index in [4.69, 9.17) is 10.5 Å². The summed E-state index contributed by atoms with van der Waals surface area (Å²) in [5, 5.41) is 2.59. The summed E-state index contributed by atoms with van der Waals surface area (Å²) in [6.45, 7) is 1.78. The largest absolute Gasteiger partial charge is 0.329 e. The Kier molecular flexibility index (Phi) is 2.02. The van der Waals surface area contributed by atoms with Gasteiger partial charge in [-0.2, -0.15) is 0 Å². The van der Waals surface area contributed by atoms with Gasteiger partial charge in [-0.3, -0.25) is 10.5 Å². The highest BCUT2D eigenvalue weighted by Crippen LogP contribution is 2.29. The first-order valence-electron chi connectivity index (χ1n) is 4.55. The number of carbonyl (C=O) groups is 1. The quantitative estimate of drug-likeness (QED) is 0.499. The maximum atomic E-state index is 11.5. The second-order valence-electron chi connectivity index (χ2n) is 3.81. The van der Waals surface area contributed by atoms with Crippen LogP contribution in [-0.4, -0.2) is 42.9 Å². The van der Waals surface area contributed by atoms with Crippen LogP contribution in [0.25, 0.3) is 0 Å². The molecule has 2 heterocycles. The lowest BCUT2D eigenvalue weighted by Crippen LogP contribution is -2.48. The Bertz CT molecular complexity index is 223. The molecule has 3 N–H and O–H groups in total. The highest BCUT2D eigenvalue weighted by Gasteiger charge is 2.48. The highest BCUT2D eigenvalue weighted by molar-refractivity contribution is 5.87. The van der Waals surface area contributed by atoms with E-state index in [1.165, 1.54) is 0 Å². The molecule has 0 bridgehead atoms. The van der Waals surface area contributed by atoms with Crippen molar-refractivity contribution in [3.63, 3.8) is 0 Å². The monoisotopic (exact) mass is 185 g/mol. The fraction of sp³-hybridized carbons (Fsp3) is 0.875. The average molecular weight is 185 g/mol. The number of piperidine rings is 1. The van der Waals surface area contributed by atoms with Crippen molar-refractivity contribution in [2.75, 3.05) is 20.1 Å². The van der Waals surface area contributed by atoms with E-state index < -0.39 is 12.0 Å². The summed E-state index contributed by atoms with van der Waals surface area (Å²) in [6, 6.07) is 0. The van der Waals surface area contributed by atoms with Gasteiger partial charge in [-0.1, -0.05) is 0 Å². The van der Waals surface area contributed by atoms with Crippen LogP contribution in [0, 0.1) is 0 Å². The fourth-order valence-electron chi connectivity index (χ4n) is 1.91. The molecule has 0 aromatic rings. The maximum absolute atomic E-state index is 11.5. The molecule has 2 saturated heterocycles. The Morgan fingerprint density at radius 2 is 2.23 bits per heavy atom. The van der Waals surface area contributed by atoms with Gasteiger partial charge < -0.3 is 15.0 Å². The van der Waals surface area contributed by atoms with E-state index in [9.17, 15) is 4.79 Å². The molecular formula is C8H15N3O2. The molecule has 2 fully saturated rings. The molecule has 74 valence electrons.